The van der Waals surface area contributed by atoms with Gasteiger partial charge in [0.1, 0.15) is 12.4 Å². The van der Waals surface area contributed by atoms with Gasteiger partial charge < -0.3 is 15.4 Å². The largest absolute Gasteiger partial charge is 0.492 e. The van der Waals surface area contributed by atoms with Crippen LogP contribution in [0.5, 0.6) is 5.75 Å². The number of nitrogens with one attached hydrogen (secondary N) is 2. The Morgan fingerprint density at radius 3 is 2.77 bits per heavy atom. The van der Waals surface area contributed by atoms with Gasteiger partial charge in [0.25, 0.3) is 0 Å². The van der Waals surface area contributed by atoms with Gasteiger partial charge in [-0.15, -0.1) is 0 Å². The summed E-state index contributed by atoms with van der Waals surface area (Å²) in [6.07, 6.45) is 2.60. The third-order valence-corrected chi connectivity index (χ3v) is 3.83. The Kier molecular flexibility index (Phi) is 4.91. The van der Waals surface area contributed by atoms with Gasteiger partial charge >= 0.3 is 0 Å². The number of carbonyl (C=O) groups is 1. The molecule has 0 atom stereocenters. The van der Waals surface area contributed by atoms with Crippen molar-refractivity contribution in [3.63, 3.8) is 0 Å². The molecule has 0 saturated heterocycles. The summed E-state index contributed by atoms with van der Waals surface area (Å²) in [5.41, 5.74) is 0. The van der Waals surface area contributed by atoms with Crippen LogP contribution in [0.15, 0.2) is 42.5 Å². The molecular weight excluding hydrogens is 276 g/mol. The van der Waals surface area contributed by atoms with Crippen LogP contribution >= 0.6 is 0 Å². The lowest BCUT2D eigenvalue weighted by atomic mass is 10.1. The molecule has 1 aliphatic rings. The van der Waals surface area contributed by atoms with Gasteiger partial charge in [-0.3, -0.25) is 4.79 Å². The zero-order valence-corrected chi connectivity index (χ0v) is 12.7. The Morgan fingerprint density at radius 2 is 1.95 bits per heavy atom. The molecule has 2 aromatic rings. The van der Waals surface area contributed by atoms with Gasteiger partial charge in [0.2, 0.25) is 5.91 Å². The van der Waals surface area contributed by atoms with Crippen molar-refractivity contribution in [2.45, 2.75) is 12.8 Å². The molecule has 0 bridgehead atoms. The maximum Gasteiger partial charge on any atom is 0.234 e. The first-order valence-electron chi connectivity index (χ1n) is 7.90. The van der Waals surface area contributed by atoms with Crippen molar-refractivity contribution in [3.8, 4) is 5.75 Å². The lowest BCUT2D eigenvalue weighted by Gasteiger charge is -2.09. The van der Waals surface area contributed by atoms with Crippen molar-refractivity contribution in [1.82, 2.24) is 10.6 Å². The molecule has 1 amide bonds. The molecule has 4 heteroatoms. The SMILES string of the molecule is O=C(CNCC1CC1)NCCOc1ccc2ccccc2c1. The number of amides is 1. The second-order valence-corrected chi connectivity index (χ2v) is 5.78. The minimum Gasteiger partial charge on any atom is -0.492 e. The van der Waals surface area contributed by atoms with Gasteiger partial charge in [-0.05, 0) is 48.2 Å². The van der Waals surface area contributed by atoms with Crippen LogP contribution in [-0.4, -0.2) is 32.1 Å². The number of benzene rings is 2. The van der Waals surface area contributed by atoms with Gasteiger partial charge in [-0.25, -0.2) is 0 Å². The van der Waals surface area contributed by atoms with Gasteiger partial charge in [-0.1, -0.05) is 30.3 Å². The highest BCUT2D eigenvalue weighted by molar-refractivity contribution is 5.83. The van der Waals surface area contributed by atoms with E-state index in [-0.39, 0.29) is 5.91 Å². The molecule has 22 heavy (non-hydrogen) atoms. The van der Waals surface area contributed by atoms with E-state index in [2.05, 4.69) is 22.8 Å². The lowest BCUT2D eigenvalue weighted by Crippen LogP contribution is -2.36. The topological polar surface area (TPSA) is 50.4 Å². The Morgan fingerprint density at radius 1 is 1.14 bits per heavy atom. The highest BCUT2D eigenvalue weighted by Gasteiger charge is 2.20. The average molecular weight is 298 g/mol. The Balaban J connectivity index is 1.35. The summed E-state index contributed by atoms with van der Waals surface area (Å²) in [7, 11) is 0. The number of rotatable bonds is 8. The first-order chi connectivity index (χ1) is 10.8. The predicted octanol–water partition coefficient (Wildman–Crippen LogP) is 2.33. The molecule has 2 N–H and O–H groups in total. The van der Waals surface area contributed by atoms with E-state index in [9.17, 15) is 4.79 Å². The summed E-state index contributed by atoms with van der Waals surface area (Å²) in [6.45, 7) is 2.36. The van der Waals surface area contributed by atoms with E-state index in [0.717, 1.165) is 23.6 Å². The third-order valence-electron chi connectivity index (χ3n) is 3.83. The number of hydrogen-bond acceptors (Lipinski definition) is 3. The summed E-state index contributed by atoms with van der Waals surface area (Å²) in [5.74, 6) is 1.66. The molecule has 3 rings (SSSR count). The first kappa shape index (κ1) is 14.9. The van der Waals surface area contributed by atoms with Gasteiger partial charge in [0, 0.05) is 0 Å². The van der Waals surface area contributed by atoms with Crippen LogP contribution in [0.3, 0.4) is 0 Å². The summed E-state index contributed by atoms with van der Waals surface area (Å²) in [6, 6.07) is 14.2. The summed E-state index contributed by atoms with van der Waals surface area (Å²) >= 11 is 0. The molecule has 1 saturated carbocycles. The van der Waals surface area contributed by atoms with Gasteiger partial charge in [0.15, 0.2) is 0 Å². The Labute approximate surface area is 130 Å². The monoisotopic (exact) mass is 298 g/mol. The lowest BCUT2D eigenvalue weighted by molar-refractivity contribution is -0.120. The Hall–Kier alpha value is -2.07. The van der Waals surface area contributed by atoms with Crippen LogP contribution in [0.25, 0.3) is 10.8 Å². The maximum absolute atomic E-state index is 11.6. The normalized spacial score (nSPS) is 14.0. The summed E-state index contributed by atoms with van der Waals surface area (Å²) in [4.78, 5) is 11.6. The average Bonchev–Trinajstić information content (AvgIpc) is 3.36. The van der Waals surface area contributed by atoms with Crippen LogP contribution < -0.4 is 15.4 Å². The van der Waals surface area contributed by atoms with Gasteiger partial charge in [-0.2, -0.15) is 0 Å². The number of hydrogen-bond donors (Lipinski definition) is 2. The fourth-order valence-corrected chi connectivity index (χ4v) is 2.39. The molecule has 1 fully saturated rings. The predicted molar refractivity (Wildman–Crippen MR) is 88.0 cm³/mol. The second kappa shape index (κ2) is 7.27. The van der Waals surface area contributed by atoms with Crippen LogP contribution in [-0.2, 0) is 4.79 Å². The molecule has 0 unspecified atom stereocenters. The first-order valence-corrected chi connectivity index (χ1v) is 7.90. The van der Waals surface area contributed by atoms with Crippen molar-refractivity contribution in [2.75, 3.05) is 26.2 Å². The number of fused-ring (bicyclic) bond motifs is 1. The zero-order chi connectivity index (χ0) is 15.2. The molecular formula is C18H22N2O2. The molecule has 1 aliphatic carbocycles. The van der Waals surface area contributed by atoms with Crippen LogP contribution in [0, 0.1) is 5.92 Å². The minimum atomic E-state index is 0.0303. The summed E-state index contributed by atoms with van der Waals surface area (Å²) in [5, 5.41) is 8.39. The minimum absolute atomic E-state index is 0.0303. The smallest absolute Gasteiger partial charge is 0.234 e. The van der Waals surface area contributed by atoms with E-state index < -0.39 is 0 Å². The molecule has 2 aromatic carbocycles. The van der Waals surface area contributed by atoms with Crippen LogP contribution in [0.1, 0.15) is 12.8 Å². The molecule has 0 radical (unpaired) electrons. The van der Waals surface area contributed by atoms with Crippen LogP contribution in [0.4, 0.5) is 0 Å². The highest BCUT2D eigenvalue weighted by atomic mass is 16.5. The molecule has 116 valence electrons. The fraction of sp³-hybridized carbons (Fsp3) is 0.389. The fourth-order valence-electron chi connectivity index (χ4n) is 2.39. The summed E-state index contributed by atoms with van der Waals surface area (Å²) < 4.78 is 5.68. The molecule has 0 aromatic heterocycles. The highest BCUT2D eigenvalue weighted by Crippen LogP contribution is 2.27. The molecule has 0 heterocycles. The van der Waals surface area contributed by atoms with Crippen molar-refractivity contribution in [2.24, 2.45) is 5.92 Å². The van der Waals surface area contributed by atoms with E-state index in [1.165, 1.54) is 18.2 Å². The zero-order valence-electron chi connectivity index (χ0n) is 12.7. The van der Waals surface area contributed by atoms with Crippen molar-refractivity contribution < 1.29 is 9.53 Å². The van der Waals surface area contributed by atoms with Crippen molar-refractivity contribution >= 4 is 16.7 Å². The Bertz CT molecular complexity index is 638. The second-order valence-electron chi connectivity index (χ2n) is 5.78. The maximum atomic E-state index is 11.6. The molecule has 0 aliphatic heterocycles. The molecule has 0 spiro atoms. The number of carbonyl (C=O) groups excluding carboxylic acids is 1. The standard InChI is InChI=1S/C18H22N2O2/c21-18(13-19-12-14-5-6-14)20-9-10-22-17-8-7-15-3-1-2-4-16(15)11-17/h1-4,7-8,11,14,19H,5-6,9-10,12-13H2,(H,20,21). The van der Waals surface area contributed by atoms with E-state index >= 15 is 0 Å². The van der Waals surface area contributed by atoms with Crippen molar-refractivity contribution in [1.29, 1.82) is 0 Å². The quantitative estimate of drug-likeness (QED) is 0.736. The van der Waals surface area contributed by atoms with E-state index in [1.807, 2.05) is 30.3 Å². The van der Waals surface area contributed by atoms with Crippen LogP contribution in [0.2, 0.25) is 0 Å². The third kappa shape index (κ3) is 4.46. The van der Waals surface area contributed by atoms with Gasteiger partial charge in [0.05, 0.1) is 13.1 Å². The molecule has 4 nitrogen and oxygen atoms in total. The number of ether oxygens (including phenoxy) is 1. The van der Waals surface area contributed by atoms with E-state index in [1.54, 1.807) is 0 Å². The van der Waals surface area contributed by atoms with E-state index in [4.69, 9.17) is 4.74 Å². The van der Waals surface area contributed by atoms with E-state index in [0.29, 0.717) is 19.7 Å². The van der Waals surface area contributed by atoms with Crippen molar-refractivity contribution in [3.05, 3.63) is 42.5 Å².